The Balaban J connectivity index is 0.639. The molecule has 0 atom stereocenters. The SMILES string of the molecule is Cc1cc(-c2ccc(-c3ccccc3-c3cc(-c4ccccc4-c4ccc(-c5cc(-c6ccc(-c7ccccc7-c7cc(-c8ccccc8-c8ccc(-c9cc(C)c(CC(C)C)cn9)cc8)cc(-c8ccccc8-c8ccc(-c9cc(C)c(CC(C)C)cn9)cc8)c7)cc6)ncn5)cc4)cc(-c4ccccc4-c4ccc(-c5cc(C)c(CC(C)C)cn5)cc4)c3)cc2)ncc1CC(C)C. The number of hydrogen-bond donors (Lipinski definition) is 0. The van der Waals surface area contributed by atoms with Crippen molar-refractivity contribution < 1.29 is 0 Å². The van der Waals surface area contributed by atoms with E-state index in [0.717, 1.165) is 227 Å². The molecule has 0 saturated carbocycles. The second-order valence-corrected chi connectivity index (χ2v) is 38.0. The Morgan fingerprint density at radius 3 is 0.448 bits per heavy atom. The number of pyridine rings is 4. The van der Waals surface area contributed by atoms with E-state index in [1.54, 1.807) is 6.33 Å². The Morgan fingerprint density at radius 2 is 0.299 bits per heavy atom. The van der Waals surface area contributed by atoms with E-state index in [1.165, 1.54) is 44.5 Å². The monoisotopic (exact) mass is 1730 g/mol. The van der Waals surface area contributed by atoms with Gasteiger partial charge in [-0.05, 0) is 322 Å². The molecule has 0 aliphatic heterocycles. The predicted molar refractivity (Wildman–Crippen MR) is 564 cm³/mol. The zero-order valence-electron chi connectivity index (χ0n) is 78.8. The highest BCUT2D eigenvalue weighted by atomic mass is 14.8. The Labute approximate surface area is 791 Å². The van der Waals surface area contributed by atoms with Gasteiger partial charge in [0.1, 0.15) is 6.33 Å². The van der Waals surface area contributed by atoms with E-state index < -0.39 is 0 Å². The van der Waals surface area contributed by atoms with Gasteiger partial charge >= 0.3 is 0 Å². The smallest absolute Gasteiger partial charge is 0.116 e. The van der Waals surface area contributed by atoms with Gasteiger partial charge in [-0.25, -0.2) is 9.97 Å². The summed E-state index contributed by atoms with van der Waals surface area (Å²) >= 11 is 0. The van der Waals surface area contributed by atoms with Crippen LogP contribution in [0.15, 0.2) is 389 Å². The largest absolute Gasteiger partial charge is 0.256 e. The molecule has 0 aliphatic rings. The quantitative estimate of drug-likeness (QED) is 0.0538. The summed E-state index contributed by atoms with van der Waals surface area (Å²) in [6, 6.07) is 132. The molecule has 6 heteroatoms. The van der Waals surface area contributed by atoms with Gasteiger partial charge in [0, 0.05) is 58.2 Å². The average Bonchev–Trinajstić information content (AvgIpc) is 0.768. The maximum Gasteiger partial charge on any atom is 0.116 e. The Kier molecular flexibility index (Phi) is 25.7. The van der Waals surface area contributed by atoms with Gasteiger partial charge in [-0.15, -0.1) is 0 Å². The van der Waals surface area contributed by atoms with Crippen LogP contribution in [0.1, 0.15) is 99.9 Å². The van der Waals surface area contributed by atoms with Crippen LogP contribution in [0.3, 0.4) is 0 Å². The van der Waals surface area contributed by atoms with Crippen molar-refractivity contribution in [1.29, 1.82) is 0 Å². The summed E-state index contributed by atoms with van der Waals surface area (Å²) < 4.78 is 0. The van der Waals surface area contributed by atoms with Gasteiger partial charge in [0.25, 0.3) is 0 Å². The summed E-state index contributed by atoms with van der Waals surface area (Å²) in [5.74, 6) is 2.24. The number of benzene rings is 14. The standard InChI is InChI=1S/C128H112N6/c1-81(2)61-107-76-129-123(65-85(107)9)95-49-37-89(38-50-95)111-25-13-19-31-117(111)101-69-102(118-32-20-14-26-112(118)90-39-51-96(52-40-90)124-66-86(10)108(77-130-124)62-82(3)4)72-105(71-101)121-35-23-17-29-115(121)93-45-57-99(58-46-93)127-75-128(134-80-133-127)100-59-47-94(48-60-100)116-30-18-24-36-122(116)106-73-103(119-33-21-15-27-113(119)91-41-53-97(54-42-91)125-67-87(11)109(78-131-125)63-83(5)6)70-104(74-106)120-34-22-16-28-114(120)92-43-55-98(56-44-92)126-68-88(12)110(79-132-126)64-84(7)8/h13-60,65-84H,61-64H2,1-12H3. The van der Waals surface area contributed by atoms with Gasteiger partial charge in [-0.1, -0.05) is 347 Å². The molecule has 5 aromatic heterocycles. The molecule has 0 saturated heterocycles. The molecule has 0 N–H and O–H groups in total. The second-order valence-electron chi connectivity index (χ2n) is 38.0. The first-order valence-electron chi connectivity index (χ1n) is 47.5. The van der Waals surface area contributed by atoms with Gasteiger partial charge < -0.3 is 0 Å². The summed E-state index contributed by atoms with van der Waals surface area (Å²) in [5.41, 5.74) is 49.5. The van der Waals surface area contributed by atoms with Crippen molar-refractivity contribution in [2.75, 3.05) is 0 Å². The third kappa shape index (κ3) is 19.3. The topological polar surface area (TPSA) is 77.3 Å². The number of aromatic nitrogens is 6. The summed E-state index contributed by atoms with van der Waals surface area (Å²) in [5, 5.41) is 0. The molecule has 0 bridgehead atoms. The van der Waals surface area contributed by atoms with Crippen molar-refractivity contribution in [3.63, 3.8) is 0 Å². The lowest BCUT2D eigenvalue weighted by molar-refractivity contribution is 0.643. The van der Waals surface area contributed by atoms with Crippen LogP contribution in [0, 0.1) is 51.4 Å². The highest BCUT2D eigenvalue weighted by Crippen LogP contribution is 2.47. The molecule has 654 valence electrons. The highest BCUT2D eigenvalue weighted by Gasteiger charge is 2.23. The van der Waals surface area contributed by atoms with Crippen LogP contribution in [-0.4, -0.2) is 29.9 Å². The molecule has 5 heterocycles. The fourth-order valence-corrected chi connectivity index (χ4v) is 19.3. The van der Waals surface area contributed by atoms with E-state index >= 15 is 0 Å². The van der Waals surface area contributed by atoms with Crippen molar-refractivity contribution in [3.05, 3.63) is 434 Å². The zero-order chi connectivity index (χ0) is 92.0. The minimum atomic E-state index is 0.560. The van der Waals surface area contributed by atoms with Crippen molar-refractivity contribution in [1.82, 2.24) is 29.9 Å². The second kappa shape index (κ2) is 39.1. The molecule has 0 fully saturated rings. The molecule has 134 heavy (non-hydrogen) atoms. The zero-order valence-corrected chi connectivity index (χ0v) is 78.8. The molecule has 0 amide bonds. The number of nitrogens with zero attached hydrogens (tertiary/aromatic N) is 6. The van der Waals surface area contributed by atoms with Crippen LogP contribution in [0.5, 0.6) is 0 Å². The molecule has 0 unspecified atom stereocenters. The van der Waals surface area contributed by atoms with Gasteiger partial charge in [0.05, 0.1) is 34.2 Å². The van der Waals surface area contributed by atoms with E-state index in [4.69, 9.17) is 29.9 Å². The van der Waals surface area contributed by atoms with Gasteiger partial charge in [0.2, 0.25) is 0 Å². The molecule has 0 aliphatic carbocycles. The predicted octanol–water partition coefficient (Wildman–Crippen LogP) is 34.1. The molecule has 0 radical (unpaired) electrons. The van der Waals surface area contributed by atoms with Crippen molar-refractivity contribution in [2.24, 2.45) is 23.7 Å². The minimum absolute atomic E-state index is 0.560. The van der Waals surface area contributed by atoms with E-state index in [0.29, 0.717) is 23.7 Å². The van der Waals surface area contributed by atoms with Crippen LogP contribution in [0.2, 0.25) is 0 Å². The lowest BCUT2D eigenvalue weighted by atomic mass is 9.86. The molecule has 6 nitrogen and oxygen atoms in total. The average molecular weight is 1730 g/mol. The van der Waals surface area contributed by atoms with E-state index in [-0.39, 0.29) is 0 Å². The van der Waals surface area contributed by atoms with Crippen LogP contribution in [-0.2, 0) is 25.7 Å². The van der Waals surface area contributed by atoms with E-state index in [2.05, 4.69) is 466 Å². The van der Waals surface area contributed by atoms with Crippen LogP contribution >= 0.6 is 0 Å². The van der Waals surface area contributed by atoms with E-state index in [1.807, 2.05) is 0 Å². The van der Waals surface area contributed by atoms with Crippen molar-refractivity contribution in [3.8, 4) is 201 Å². The first kappa shape index (κ1) is 88.1. The van der Waals surface area contributed by atoms with Crippen LogP contribution < -0.4 is 0 Å². The fraction of sp³-hybridized carbons (Fsp3) is 0.156. The first-order valence-corrected chi connectivity index (χ1v) is 47.5. The van der Waals surface area contributed by atoms with Gasteiger partial charge in [-0.2, -0.15) is 0 Å². The summed E-state index contributed by atoms with van der Waals surface area (Å²) in [7, 11) is 0. The number of hydrogen-bond acceptors (Lipinski definition) is 6. The molecule has 19 aromatic rings. The lowest BCUT2D eigenvalue weighted by Gasteiger charge is -2.18. The number of aryl methyl sites for hydroxylation is 4. The van der Waals surface area contributed by atoms with Crippen molar-refractivity contribution in [2.45, 2.75) is 109 Å². The summed E-state index contributed by atoms with van der Waals surface area (Å²) in [4.78, 5) is 29.8. The molecule has 0 spiro atoms. The Hall–Kier alpha value is -15.2. The third-order valence-corrected chi connectivity index (χ3v) is 26.3. The van der Waals surface area contributed by atoms with E-state index in [9.17, 15) is 0 Å². The summed E-state index contributed by atoms with van der Waals surface area (Å²) in [6.45, 7) is 27.0. The van der Waals surface area contributed by atoms with Crippen molar-refractivity contribution >= 4 is 0 Å². The Bertz CT molecular complexity index is 6710. The molecule has 19 rings (SSSR count). The molecular weight excluding hydrogens is 1620 g/mol. The third-order valence-electron chi connectivity index (χ3n) is 26.3. The fourth-order valence-electron chi connectivity index (χ4n) is 19.3. The lowest BCUT2D eigenvalue weighted by Crippen LogP contribution is -1.98. The summed E-state index contributed by atoms with van der Waals surface area (Å²) in [6.07, 6.45) is 14.0. The van der Waals surface area contributed by atoms with Crippen LogP contribution in [0.4, 0.5) is 0 Å². The molecular formula is C128H112N6. The molecule has 14 aromatic carbocycles. The highest BCUT2D eigenvalue weighted by molar-refractivity contribution is 5.98. The maximum atomic E-state index is 4.98. The normalized spacial score (nSPS) is 11.5. The first-order chi connectivity index (χ1) is 65.3. The van der Waals surface area contributed by atoms with Gasteiger partial charge in [0.15, 0.2) is 0 Å². The maximum absolute atomic E-state index is 4.98. The van der Waals surface area contributed by atoms with Gasteiger partial charge in [-0.3, -0.25) is 19.9 Å². The minimum Gasteiger partial charge on any atom is -0.256 e. The number of rotatable bonds is 26. The Morgan fingerprint density at radius 1 is 0.157 bits per heavy atom. The van der Waals surface area contributed by atoms with Crippen LogP contribution in [0.25, 0.3) is 201 Å².